The second-order valence-corrected chi connectivity index (χ2v) is 3.72. The molecule has 1 rings (SSSR count). The van der Waals surface area contributed by atoms with E-state index in [2.05, 4.69) is 0 Å². The number of esters is 1. The summed E-state index contributed by atoms with van der Waals surface area (Å²) in [4.78, 5) is 11.2. The molecule has 0 saturated carbocycles. The van der Waals surface area contributed by atoms with Crippen molar-refractivity contribution < 1.29 is 13.9 Å². The molecule has 0 aromatic heterocycles. The average molecular weight is 246 g/mol. The second-order valence-electron chi connectivity index (χ2n) is 3.31. The first-order valence-electron chi connectivity index (χ1n) is 4.90. The van der Waals surface area contributed by atoms with E-state index in [1.807, 2.05) is 0 Å². The van der Waals surface area contributed by atoms with E-state index in [1.54, 1.807) is 13.0 Å². The summed E-state index contributed by atoms with van der Waals surface area (Å²) in [5.74, 6) is -1.01. The molecular formula is C11H13ClFNO2. The zero-order valence-corrected chi connectivity index (χ0v) is 9.63. The van der Waals surface area contributed by atoms with Crippen molar-refractivity contribution >= 4 is 17.6 Å². The number of nitrogens with two attached hydrogens (primary N) is 1. The van der Waals surface area contributed by atoms with Crippen LogP contribution in [0, 0.1) is 5.82 Å². The van der Waals surface area contributed by atoms with Crippen molar-refractivity contribution in [3.8, 4) is 0 Å². The fourth-order valence-electron chi connectivity index (χ4n) is 1.25. The Morgan fingerprint density at radius 1 is 1.62 bits per heavy atom. The van der Waals surface area contributed by atoms with E-state index >= 15 is 0 Å². The lowest BCUT2D eigenvalue weighted by molar-refractivity contribution is -0.144. The number of hydrogen-bond acceptors (Lipinski definition) is 3. The molecule has 0 radical (unpaired) electrons. The van der Waals surface area contributed by atoms with Crippen molar-refractivity contribution in [2.45, 2.75) is 19.4 Å². The average Bonchev–Trinajstić information content (AvgIpc) is 2.24. The number of rotatable bonds is 4. The lowest BCUT2D eigenvalue weighted by atomic mass is 10.1. The van der Waals surface area contributed by atoms with Crippen molar-refractivity contribution in [2.24, 2.45) is 5.73 Å². The minimum Gasteiger partial charge on any atom is -0.465 e. The van der Waals surface area contributed by atoms with Gasteiger partial charge in [0.05, 0.1) is 11.6 Å². The predicted molar refractivity (Wildman–Crippen MR) is 59.7 cm³/mol. The topological polar surface area (TPSA) is 52.3 Å². The molecule has 1 atom stereocenters. The molecule has 0 aliphatic rings. The SMILES string of the molecule is CCOC(=O)[C@@H](N)Cc1ccc(Cl)c(F)c1. The van der Waals surface area contributed by atoms with E-state index < -0.39 is 17.8 Å². The minimum absolute atomic E-state index is 0.0495. The van der Waals surface area contributed by atoms with Gasteiger partial charge in [0.2, 0.25) is 0 Å². The lowest BCUT2D eigenvalue weighted by Crippen LogP contribution is -2.34. The molecule has 16 heavy (non-hydrogen) atoms. The van der Waals surface area contributed by atoms with Crippen LogP contribution in [0.5, 0.6) is 0 Å². The molecule has 0 spiro atoms. The first-order chi connectivity index (χ1) is 7.54. The minimum atomic E-state index is -0.777. The van der Waals surface area contributed by atoms with Gasteiger partial charge in [0.15, 0.2) is 0 Å². The Morgan fingerprint density at radius 3 is 2.88 bits per heavy atom. The van der Waals surface area contributed by atoms with Crippen molar-refractivity contribution in [2.75, 3.05) is 6.61 Å². The molecule has 88 valence electrons. The Balaban J connectivity index is 2.66. The third-order valence-corrected chi connectivity index (χ3v) is 2.34. The number of carbonyl (C=O) groups excluding carboxylic acids is 1. The van der Waals surface area contributed by atoms with E-state index in [1.165, 1.54) is 12.1 Å². The monoisotopic (exact) mass is 245 g/mol. The third-order valence-electron chi connectivity index (χ3n) is 2.03. The van der Waals surface area contributed by atoms with Gasteiger partial charge in [0.1, 0.15) is 11.9 Å². The Labute approximate surface area is 98.3 Å². The smallest absolute Gasteiger partial charge is 0.323 e. The molecule has 0 bridgehead atoms. The van der Waals surface area contributed by atoms with Gasteiger partial charge < -0.3 is 10.5 Å². The van der Waals surface area contributed by atoms with Crippen LogP contribution in [0.1, 0.15) is 12.5 Å². The highest BCUT2D eigenvalue weighted by Gasteiger charge is 2.15. The van der Waals surface area contributed by atoms with Crippen LogP contribution in [0.3, 0.4) is 0 Å². The van der Waals surface area contributed by atoms with E-state index in [0.717, 1.165) is 0 Å². The summed E-state index contributed by atoms with van der Waals surface area (Å²) in [5, 5.41) is 0.0495. The van der Waals surface area contributed by atoms with Crippen LogP contribution in [0.4, 0.5) is 4.39 Å². The summed E-state index contributed by atoms with van der Waals surface area (Å²) in [6, 6.07) is 3.55. The fourth-order valence-corrected chi connectivity index (χ4v) is 1.37. The summed E-state index contributed by atoms with van der Waals surface area (Å²) < 4.78 is 17.8. The fraction of sp³-hybridized carbons (Fsp3) is 0.364. The number of ether oxygens (including phenoxy) is 1. The summed E-state index contributed by atoms with van der Waals surface area (Å²) in [6.45, 7) is 1.98. The van der Waals surface area contributed by atoms with Crippen LogP contribution < -0.4 is 5.73 Å². The van der Waals surface area contributed by atoms with Crippen LogP contribution in [0.15, 0.2) is 18.2 Å². The number of halogens is 2. The Morgan fingerprint density at radius 2 is 2.31 bits per heavy atom. The molecule has 5 heteroatoms. The highest BCUT2D eigenvalue weighted by atomic mass is 35.5. The maximum absolute atomic E-state index is 13.1. The first-order valence-corrected chi connectivity index (χ1v) is 5.28. The van der Waals surface area contributed by atoms with Gasteiger partial charge in [-0.25, -0.2) is 4.39 Å². The standard InChI is InChI=1S/C11H13ClFNO2/c1-2-16-11(15)10(14)6-7-3-4-8(12)9(13)5-7/h3-5,10H,2,6,14H2,1H3/t10-/m0/s1. The Hall–Kier alpha value is -1.13. The predicted octanol–water partition coefficient (Wildman–Crippen LogP) is 1.91. The first kappa shape index (κ1) is 12.9. The van der Waals surface area contributed by atoms with Gasteiger partial charge in [-0.3, -0.25) is 4.79 Å². The van der Waals surface area contributed by atoms with E-state index in [9.17, 15) is 9.18 Å². The van der Waals surface area contributed by atoms with Crippen LogP contribution in [0.25, 0.3) is 0 Å². The highest BCUT2D eigenvalue weighted by molar-refractivity contribution is 6.30. The zero-order valence-electron chi connectivity index (χ0n) is 8.87. The van der Waals surface area contributed by atoms with E-state index in [4.69, 9.17) is 22.1 Å². The van der Waals surface area contributed by atoms with Gasteiger partial charge in [0, 0.05) is 0 Å². The van der Waals surface area contributed by atoms with Crippen LogP contribution in [-0.4, -0.2) is 18.6 Å². The van der Waals surface area contributed by atoms with Crippen molar-refractivity contribution in [1.29, 1.82) is 0 Å². The summed E-state index contributed by atoms with van der Waals surface area (Å²) in [7, 11) is 0. The maximum atomic E-state index is 13.1. The van der Waals surface area contributed by atoms with Crippen LogP contribution in [0.2, 0.25) is 5.02 Å². The van der Waals surface area contributed by atoms with Gasteiger partial charge in [0.25, 0.3) is 0 Å². The Bertz CT molecular complexity index is 384. The molecule has 0 fully saturated rings. The van der Waals surface area contributed by atoms with E-state index in [0.29, 0.717) is 5.56 Å². The summed E-state index contributed by atoms with van der Waals surface area (Å²) >= 11 is 5.53. The normalized spacial score (nSPS) is 12.2. The van der Waals surface area contributed by atoms with Crippen molar-refractivity contribution in [3.05, 3.63) is 34.6 Å². The molecule has 3 nitrogen and oxygen atoms in total. The molecule has 0 unspecified atom stereocenters. The number of carbonyl (C=O) groups is 1. The zero-order chi connectivity index (χ0) is 12.1. The molecule has 0 aliphatic carbocycles. The van der Waals surface area contributed by atoms with Gasteiger partial charge in [-0.05, 0) is 31.0 Å². The summed E-state index contributed by atoms with van der Waals surface area (Å²) in [5.41, 5.74) is 6.21. The summed E-state index contributed by atoms with van der Waals surface area (Å²) in [6.07, 6.45) is 0.229. The van der Waals surface area contributed by atoms with Gasteiger partial charge in [-0.1, -0.05) is 17.7 Å². The largest absolute Gasteiger partial charge is 0.465 e. The molecular weight excluding hydrogens is 233 g/mol. The molecule has 0 amide bonds. The van der Waals surface area contributed by atoms with Crippen molar-refractivity contribution in [1.82, 2.24) is 0 Å². The Kier molecular flexibility index (Phi) is 4.71. The third kappa shape index (κ3) is 3.47. The molecule has 1 aromatic rings. The molecule has 0 heterocycles. The van der Waals surface area contributed by atoms with Gasteiger partial charge in [-0.15, -0.1) is 0 Å². The van der Waals surface area contributed by atoms with Gasteiger partial charge >= 0.3 is 5.97 Å². The molecule has 2 N–H and O–H groups in total. The second kappa shape index (κ2) is 5.82. The quantitative estimate of drug-likeness (QED) is 0.825. The van der Waals surface area contributed by atoms with Gasteiger partial charge in [-0.2, -0.15) is 0 Å². The maximum Gasteiger partial charge on any atom is 0.323 e. The highest BCUT2D eigenvalue weighted by Crippen LogP contribution is 2.16. The lowest BCUT2D eigenvalue weighted by Gasteiger charge is -2.10. The van der Waals surface area contributed by atoms with Crippen LogP contribution in [-0.2, 0) is 16.0 Å². The van der Waals surface area contributed by atoms with Crippen LogP contribution >= 0.6 is 11.6 Å². The number of hydrogen-bond donors (Lipinski definition) is 1. The van der Waals surface area contributed by atoms with Crippen molar-refractivity contribution in [3.63, 3.8) is 0 Å². The molecule has 0 saturated heterocycles. The van der Waals surface area contributed by atoms with E-state index in [-0.39, 0.29) is 18.1 Å². The molecule has 0 aliphatic heterocycles. The number of benzene rings is 1. The molecule has 1 aromatic carbocycles.